The number of alkyl halides is 3. The largest absolute Gasteiger partial charge is 0.416 e. The van der Waals surface area contributed by atoms with Crippen molar-refractivity contribution in [2.75, 3.05) is 44.2 Å². The van der Waals surface area contributed by atoms with E-state index in [1.165, 1.54) is 24.3 Å². The Morgan fingerprint density at radius 2 is 1.64 bits per heavy atom. The molecule has 0 aliphatic carbocycles. The van der Waals surface area contributed by atoms with Gasteiger partial charge in [-0.1, -0.05) is 26.0 Å². The van der Waals surface area contributed by atoms with E-state index >= 15 is 0 Å². The first kappa shape index (κ1) is 32.8. The Morgan fingerprint density at radius 1 is 0.978 bits per heavy atom. The topological polar surface area (TPSA) is 98.7 Å². The zero-order valence-electron chi connectivity index (χ0n) is 25.1. The van der Waals surface area contributed by atoms with Crippen molar-refractivity contribution in [3.8, 4) is 11.3 Å². The number of hydrogen-bond acceptors (Lipinski definition) is 7. The quantitative estimate of drug-likeness (QED) is 0.340. The molecule has 5 rings (SSSR count). The molecular formula is C31H36F4N6O3S. The number of nitrogens with one attached hydrogen (secondary N) is 1. The summed E-state index contributed by atoms with van der Waals surface area (Å²) in [6.45, 7) is 8.31. The maximum absolute atomic E-state index is 13.4. The minimum Gasteiger partial charge on any atom is -0.349 e. The van der Waals surface area contributed by atoms with Gasteiger partial charge in [0.15, 0.2) is 0 Å². The summed E-state index contributed by atoms with van der Waals surface area (Å²) in [5.74, 6) is -0.145. The van der Waals surface area contributed by atoms with Crippen LogP contribution in [0.3, 0.4) is 0 Å². The minimum absolute atomic E-state index is 0.0454. The summed E-state index contributed by atoms with van der Waals surface area (Å²) < 4.78 is 80.6. The van der Waals surface area contributed by atoms with Crippen LogP contribution in [0.1, 0.15) is 37.9 Å². The van der Waals surface area contributed by atoms with Crippen LogP contribution in [-0.4, -0.2) is 78.8 Å². The third kappa shape index (κ3) is 7.79. The molecule has 242 valence electrons. The Balaban J connectivity index is 1.36. The molecule has 2 saturated heterocycles. The van der Waals surface area contributed by atoms with E-state index in [0.717, 1.165) is 48.2 Å². The summed E-state index contributed by atoms with van der Waals surface area (Å²) >= 11 is 0. The lowest BCUT2D eigenvalue weighted by Crippen LogP contribution is -2.48. The number of carbonyl (C=O) groups is 1. The van der Waals surface area contributed by atoms with Crippen molar-refractivity contribution < 1.29 is 30.8 Å². The molecule has 9 nitrogen and oxygen atoms in total. The van der Waals surface area contributed by atoms with Crippen LogP contribution in [0.4, 0.5) is 23.5 Å². The molecule has 45 heavy (non-hydrogen) atoms. The molecule has 1 atom stereocenters. The summed E-state index contributed by atoms with van der Waals surface area (Å²) in [4.78, 5) is 27.0. The summed E-state index contributed by atoms with van der Waals surface area (Å²) in [7, 11) is -4.03. The molecule has 2 aliphatic rings. The zero-order valence-corrected chi connectivity index (χ0v) is 25.9. The number of rotatable bonds is 9. The molecule has 1 aromatic heterocycles. The minimum atomic E-state index is -4.47. The van der Waals surface area contributed by atoms with Gasteiger partial charge in [-0.25, -0.2) is 22.8 Å². The third-order valence-corrected chi connectivity index (χ3v) is 9.85. The third-order valence-electron chi connectivity index (χ3n) is 7.92. The van der Waals surface area contributed by atoms with E-state index < -0.39 is 39.5 Å². The van der Waals surface area contributed by atoms with E-state index in [1.807, 2.05) is 4.90 Å². The summed E-state index contributed by atoms with van der Waals surface area (Å²) in [5, 5.41) is 2.80. The van der Waals surface area contributed by atoms with Gasteiger partial charge in [0.1, 0.15) is 11.9 Å². The number of nitrogens with zero attached hydrogens (tertiary/aromatic N) is 5. The molecular weight excluding hydrogens is 612 g/mol. The van der Waals surface area contributed by atoms with Gasteiger partial charge < -0.3 is 10.2 Å². The van der Waals surface area contributed by atoms with Crippen molar-refractivity contribution in [2.24, 2.45) is 5.92 Å². The number of benzene rings is 2. The van der Waals surface area contributed by atoms with Gasteiger partial charge in [0.25, 0.3) is 0 Å². The van der Waals surface area contributed by atoms with Crippen LogP contribution in [0.5, 0.6) is 0 Å². The molecule has 2 aromatic carbocycles. The van der Waals surface area contributed by atoms with Crippen LogP contribution in [-0.2, 0) is 27.5 Å². The lowest BCUT2D eigenvalue weighted by Gasteiger charge is -2.35. The predicted molar refractivity (Wildman–Crippen MR) is 161 cm³/mol. The highest BCUT2D eigenvalue weighted by atomic mass is 32.2. The van der Waals surface area contributed by atoms with Crippen LogP contribution in [0.2, 0.25) is 0 Å². The van der Waals surface area contributed by atoms with E-state index in [2.05, 4.69) is 34.0 Å². The highest BCUT2D eigenvalue weighted by Gasteiger charge is 2.39. The lowest BCUT2D eigenvalue weighted by molar-refractivity contribution is -0.137. The lowest BCUT2D eigenvalue weighted by atomic mass is 10.1. The number of aromatic nitrogens is 2. The molecule has 0 radical (unpaired) electrons. The number of halogens is 4. The second-order valence-electron chi connectivity index (χ2n) is 11.7. The molecule has 0 bridgehead atoms. The predicted octanol–water partition coefficient (Wildman–Crippen LogP) is 4.55. The van der Waals surface area contributed by atoms with Gasteiger partial charge in [-0.05, 0) is 61.2 Å². The van der Waals surface area contributed by atoms with E-state index in [-0.39, 0.29) is 18.0 Å². The van der Waals surface area contributed by atoms with Crippen molar-refractivity contribution in [3.05, 3.63) is 71.7 Å². The number of anilines is 1. The molecule has 2 fully saturated rings. The standard InChI is InChI=1S/C31H36F4N6O3S/c1-21(2)20-39-14-16-40(17-15-39)30-37-25(18-27(38-30)22-5-7-23(8-6-22)31(33,34)35)19-36-29(42)28-4-3-13-41(28)45(43,44)26-11-9-24(32)10-12-26/h5-12,18,21,28H,3-4,13-17,19-20H2,1-2H3,(H,36,42). The highest BCUT2D eigenvalue weighted by molar-refractivity contribution is 7.89. The van der Waals surface area contributed by atoms with E-state index in [9.17, 15) is 30.8 Å². The van der Waals surface area contributed by atoms with Crippen molar-refractivity contribution >= 4 is 21.9 Å². The smallest absolute Gasteiger partial charge is 0.349 e. The van der Waals surface area contributed by atoms with Crippen LogP contribution in [0.25, 0.3) is 11.3 Å². The fourth-order valence-corrected chi connectivity index (χ4v) is 7.32. The van der Waals surface area contributed by atoms with Gasteiger partial charge >= 0.3 is 6.18 Å². The Morgan fingerprint density at radius 3 is 2.27 bits per heavy atom. The Hall–Kier alpha value is -3.62. The number of amides is 1. The average molecular weight is 649 g/mol. The maximum Gasteiger partial charge on any atom is 0.416 e. The molecule has 0 saturated carbocycles. The van der Waals surface area contributed by atoms with Crippen LogP contribution < -0.4 is 10.2 Å². The Kier molecular flexibility index (Phi) is 9.75. The SMILES string of the molecule is CC(C)CN1CCN(c2nc(CNC(=O)C3CCCN3S(=O)(=O)c3ccc(F)cc3)cc(-c3ccc(C(F)(F)F)cc3)n2)CC1. The van der Waals surface area contributed by atoms with Crippen molar-refractivity contribution in [3.63, 3.8) is 0 Å². The molecule has 2 aliphatic heterocycles. The number of carbonyl (C=O) groups excluding carboxylic acids is 1. The Labute approximate surface area is 260 Å². The summed E-state index contributed by atoms with van der Waals surface area (Å²) in [6.07, 6.45) is -3.67. The molecule has 3 aromatic rings. The maximum atomic E-state index is 13.4. The van der Waals surface area contributed by atoms with Crippen LogP contribution in [0.15, 0.2) is 59.5 Å². The van der Waals surface area contributed by atoms with Gasteiger partial charge in [0, 0.05) is 44.8 Å². The summed E-state index contributed by atoms with van der Waals surface area (Å²) in [6, 6.07) is 9.83. The van der Waals surface area contributed by atoms with Crippen molar-refractivity contribution in [1.29, 1.82) is 0 Å². The van der Waals surface area contributed by atoms with E-state index in [0.29, 0.717) is 54.7 Å². The first-order valence-electron chi connectivity index (χ1n) is 14.9. The number of hydrogen-bond donors (Lipinski definition) is 1. The van der Waals surface area contributed by atoms with E-state index in [1.54, 1.807) is 6.07 Å². The second-order valence-corrected chi connectivity index (χ2v) is 13.6. The van der Waals surface area contributed by atoms with Gasteiger partial charge in [-0.3, -0.25) is 9.69 Å². The monoisotopic (exact) mass is 648 g/mol. The fraction of sp³-hybridized carbons (Fsp3) is 0.452. The van der Waals surface area contributed by atoms with Crippen LogP contribution in [0, 0.1) is 11.7 Å². The van der Waals surface area contributed by atoms with Gasteiger partial charge in [-0.15, -0.1) is 0 Å². The molecule has 3 heterocycles. The normalized spacial score (nSPS) is 18.5. The summed E-state index contributed by atoms with van der Waals surface area (Å²) in [5.41, 5.74) is 0.527. The first-order valence-corrected chi connectivity index (χ1v) is 16.3. The van der Waals surface area contributed by atoms with Crippen molar-refractivity contribution in [2.45, 2.75) is 50.3 Å². The average Bonchev–Trinajstić information content (AvgIpc) is 3.51. The first-order chi connectivity index (χ1) is 21.3. The van der Waals surface area contributed by atoms with Crippen molar-refractivity contribution in [1.82, 2.24) is 24.5 Å². The zero-order chi connectivity index (χ0) is 32.4. The van der Waals surface area contributed by atoms with Crippen LogP contribution >= 0.6 is 0 Å². The van der Waals surface area contributed by atoms with Gasteiger partial charge in [0.2, 0.25) is 21.9 Å². The van der Waals surface area contributed by atoms with Gasteiger partial charge in [0.05, 0.1) is 28.4 Å². The molecule has 0 spiro atoms. The molecule has 14 heteroatoms. The highest BCUT2D eigenvalue weighted by Crippen LogP contribution is 2.31. The van der Waals surface area contributed by atoms with E-state index in [4.69, 9.17) is 0 Å². The Bertz CT molecular complexity index is 1590. The fourth-order valence-electron chi connectivity index (χ4n) is 5.67. The number of sulfonamides is 1. The van der Waals surface area contributed by atoms with Gasteiger partial charge in [-0.2, -0.15) is 17.5 Å². The molecule has 1 unspecified atom stereocenters. The second kappa shape index (κ2) is 13.4. The molecule has 1 N–H and O–H groups in total. The number of piperazine rings is 1. The molecule has 1 amide bonds.